The Kier molecular flexibility index (Phi) is 5.15. The second-order valence-electron chi connectivity index (χ2n) is 5.09. The molecule has 3 aromatic rings. The Balaban J connectivity index is 1.77. The molecule has 0 aliphatic heterocycles. The van der Waals surface area contributed by atoms with Crippen LogP contribution in [0.1, 0.15) is 15.9 Å². The number of benzene rings is 2. The summed E-state index contributed by atoms with van der Waals surface area (Å²) in [6.07, 6.45) is -2.97. The number of hydrogen-bond donors (Lipinski definition) is 1. The molecule has 2 aromatic carbocycles. The number of aromatic nitrogens is 1. The second-order valence-corrected chi connectivity index (χ2v) is 6.39. The molecule has 0 saturated heterocycles. The van der Waals surface area contributed by atoms with Crippen LogP contribution < -0.4 is 10.1 Å². The van der Waals surface area contributed by atoms with E-state index in [2.05, 4.69) is 10.3 Å². The molecule has 0 aliphatic carbocycles. The first kappa shape index (κ1) is 18.2. The number of nitrogens with one attached hydrogen (secondary N) is 1. The molecule has 1 amide bonds. The average Bonchev–Trinajstić information content (AvgIpc) is 3.09. The van der Waals surface area contributed by atoms with Crippen molar-refractivity contribution in [2.45, 2.75) is 6.18 Å². The van der Waals surface area contributed by atoms with E-state index < -0.39 is 11.7 Å². The molecule has 4 nitrogen and oxygen atoms in total. The van der Waals surface area contributed by atoms with E-state index in [0.717, 1.165) is 18.2 Å². The van der Waals surface area contributed by atoms with Crippen molar-refractivity contribution in [2.75, 3.05) is 5.32 Å². The van der Waals surface area contributed by atoms with E-state index in [1.807, 2.05) is 0 Å². The number of halogens is 4. The molecule has 0 unspecified atom stereocenters. The molecule has 1 N–H and O–H groups in total. The predicted octanol–water partition coefficient (Wildman–Crippen LogP) is 5.86. The van der Waals surface area contributed by atoms with E-state index in [1.165, 1.54) is 23.6 Å². The molecule has 1 heterocycles. The minimum absolute atomic E-state index is 0.0553. The van der Waals surface area contributed by atoms with E-state index >= 15 is 0 Å². The number of carbonyl (C=O) groups excluding carboxylic acids is 1. The van der Waals surface area contributed by atoms with Crippen molar-refractivity contribution < 1.29 is 22.7 Å². The van der Waals surface area contributed by atoms with Crippen LogP contribution in [0.5, 0.6) is 11.5 Å². The lowest BCUT2D eigenvalue weighted by Crippen LogP contribution is -2.10. The molecule has 3 rings (SSSR count). The molecule has 0 bridgehead atoms. The van der Waals surface area contributed by atoms with E-state index in [-0.39, 0.29) is 22.4 Å². The van der Waals surface area contributed by atoms with Crippen LogP contribution in [-0.2, 0) is 6.18 Å². The van der Waals surface area contributed by atoms with Crippen LogP contribution in [0.25, 0.3) is 0 Å². The molecule has 9 heteroatoms. The zero-order chi connectivity index (χ0) is 18.7. The van der Waals surface area contributed by atoms with Gasteiger partial charge in [0.15, 0.2) is 0 Å². The second kappa shape index (κ2) is 7.35. The highest BCUT2D eigenvalue weighted by Crippen LogP contribution is 2.36. The molecule has 134 valence electrons. The zero-order valence-electron chi connectivity index (χ0n) is 12.9. The first-order valence-corrected chi connectivity index (χ1v) is 8.43. The maximum absolute atomic E-state index is 12.7. The monoisotopic (exact) mass is 398 g/mol. The van der Waals surface area contributed by atoms with Gasteiger partial charge in [-0.25, -0.2) is 0 Å². The summed E-state index contributed by atoms with van der Waals surface area (Å²) in [5.41, 5.74) is 1.04. The van der Waals surface area contributed by atoms with Crippen LogP contribution in [0.3, 0.4) is 0 Å². The predicted molar refractivity (Wildman–Crippen MR) is 93.0 cm³/mol. The van der Waals surface area contributed by atoms with Crippen LogP contribution in [0.4, 0.5) is 18.2 Å². The van der Waals surface area contributed by atoms with Gasteiger partial charge in [0.1, 0.15) is 16.5 Å². The van der Waals surface area contributed by atoms with Gasteiger partial charge in [-0.2, -0.15) is 13.2 Å². The first-order valence-electron chi connectivity index (χ1n) is 7.17. The van der Waals surface area contributed by atoms with Gasteiger partial charge in [-0.3, -0.25) is 9.78 Å². The van der Waals surface area contributed by atoms with Gasteiger partial charge < -0.3 is 10.1 Å². The smallest absolute Gasteiger partial charge is 0.416 e. The fourth-order valence-corrected chi connectivity index (χ4v) is 2.78. The number of amides is 1. The van der Waals surface area contributed by atoms with Gasteiger partial charge in [0.25, 0.3) is 5.91 Å². The van der Waals surface area contributed by atoms with Crippen molar-refractivity contribution in [3.8, 4) is 11.5 Å². The van der Waals surface area contributed by atoms with Crippen LogP contribution in [-0.4, -0.2) is 10.9 Å². The van der Waals surface area contributed by atoms with Crippen LogP contribution in [0.15, 0.2) is 54.2 Å². The quantitative estimate of drug-likeness (QED) is 0.598. The summed E-state index contributed by atoms with van der Waals surface area (Å²) in [5.74, 6) is -0.0403. The summed E-state index contributed by atoms with van der Waals surface area (Å²) < 4.78 is 43.5. The van der Waals surface area contributed by atoms with Gasteiger partial charge in [-0.05, 0) is 36.4 Å². The summed E-state index contributed by atoms with van der Waals surface area (Å²) in [4.78, 5) is 16.1. The topological polar surface area (TPSA) is 51.2 Å². The summed E-state index contributed by atoms with van der Waals surface area (Å²) >= 11 is 7.15. The highest BCUT2D eigenvalue weighted by molar-refractivity contribution is 7.14. The molecule has 0 aliphatic rings. The fourth-order valence-electron chi connectivity index (χ4n) is 2.05. The van der Waals surface area contributed by atoms with Gasteiger partial charge in [-0.15, -0.1) is 11.3 Å². The number of nitrogens with zero attached hydrogens (tertiary/aromatic N) is 1. The van der Waals surface area contributed by atoms with Gasteiger partial charge in [-0.1, -0.05) is 17.7 Å². The minimum atomic E-state index is -4.49. The zero-order valence-corrected chi connectivity index (χ0v) is 14.5. The molecular weight excluding hydrogens is 389 g/mol. The summed E-state index contributed by atoms with van der Waals surface area (Å²) in [5, 5.41) is 3.08. The molecule has 0 radical (unpaired) electrons. The van der Waals surface area contributed by atoms with Crippen LogP contribution in [0, 0.1) is 0 Å². The SMILES string of the molecule is O=C(Nc1cncs1)c1cccc(Oc2ccc(C(F)(F)F)cc2Cl)c1. The van der Waals surface area contributed by atoms with Crippen molar-refractivity contribution in [2.24, 2.45) is 0 Å². The average molecular weight is 399 g/mol. The number of thiazole rings is 1. The van der Waals surface area contributed by atoms with Crippen LogP contribution >= 0.6 is 22.9 Å². The Hall–Kier alpha value is -2.58. The maximum Gasteiger partial charge on any atom is 0.416 e. The summed E-state index contributed by atoms with van der Waals surface area (Å²) in [7, 11) is 0. The van der Waals surface area contributed by atoms with Gasteiger partial charge in [0, 0.05) is 5.56 Å². The minimum Gasteiger partial charge on any atom is -0.456 e. The number of alkyl halides is 3. The molecule has 0 fully saturated rings. The number of carbonyl (C=O) groups is 1. The Morgan fingerprint density at radius 2 is 2.00 bits per heavy atom. The Bertz CT molecular complexity index is 930. The van der Waals surface area contributed by atoms with E-state index in [4.69, 9.17) is 16.3 Å². The highest BCUT2D eigenvalue weighted by Gasteiger charge is 2.31. The standard InChI is InChI=1S/C17H10ClF3N2O2S/c18-13-7-11(17(19,20)21)4-5-14(13)25-12-3-1-2-10(6-12)16(24)23-15-8-22-9-26-15/h1-9H,(H,23,24). The Morgan fingerprint density at radius 3 is 2.65 bits per heavy atom. The van der Waals surface area contributed by atoms with E-state index in [1.54, 1.807) is 23.7 Å². The molecule has 0 saturated carbocycles. The van der Waals surface area contributed by atoms with Gasteiger partial charge in [0.2, 0.25) is 0 Å². The number of hydrogen-bond acceptors (Lipinski definition) is 4. The van der Waals surface area contributed by atoms with Crippen molar-refractivity contribution in [3.63, 3.8) is 0 Å². The lowest BCUT2D eigenvalue weighted by molar-refractivity contribution is -0.137. The van der Waals surface area contributed by atoms with Crippen molar-refractivity contribution in [1.29, 1.82) is 0 Å². The van der Waals surface area contributed by atoms with Gasteiger partial charge in [0.05, 0.1) is 22.3 Å². The van der Waals surface area contributed by atoms with Crippen molar-refractivity contribution in [1.82, 2.24) is 4.98 Å². The lowest BCUT2D eigenvalue weighted by Gasteiger charge is -2.11. The molecule has 0 atom stereocenters. The van der Waals surface area contributed by atoms with Crippen molar-refractivity contribution >= 4 is 33.8 Å². The van der Waals surface area contributed by atoms with Crippen molar-refractivity contribution in [3.05, 3.63) is 70.3 Å². The largest absolute Gasteiger partial charge is 0.456 e. The summed E-state index contributed by atoms with van der Waals surface area (Å²) in [6.45, 7) is 0. The third-order valence-electron chi connectivity index (χ3n) is 3.25. The Morgan fingerprint density at radius 1 is 1.19 bits per heavy atom. The first-order chi connectivity index (χ1) is 12.3. The molecule has 0 spiro atoms. The third kappa shape index (κ3) is 4.33. The highest BCUT2D eigenvalue weighted by atomic mass is 35.5. The van der Waals surface area contributed by atoms with Crippen LogP contribution in [0.2, 0.25) is 5.02 Å². The molecule has 1 aromatic heterocycles. The fraction of sp³-hybridized carbons (Fsp3) is 0.0588. The maximum atomic E-state index is 12.7. The third-order valence-corrected chi connectivity index (χ3v) is 4.24. The normalized spacial score (nSPS) is 11.2. The molecular formula is C17H10ClF3N2O2S. The number of ether oxygens (including phenoxy) is 1. The lowest BCUT2D eigenvalue weighted by atomic mass is 10.2. The Labute approximate surface area is 155 Å². The van der Waals surface area contributed by atoms with Gasteiger partial charge >= 0.3 is 6.18 Å². The number of rotatable bonds is 4. The summed E-state index contributed by atoms with van der Waals surface area (Å²) in [6, 6.07) is 9.00. The number of anilines is 1. The van der Waals surface area contributed by atoms with E-state index in [9.17, 15) is 18.0 Å². The van der Waals surface area contributed by atoms with E-state index in [0.29, 0.717) is 10.6 Å². The molecule has 26 heavy (non-hydrogen) atoms.